The van der Waals surface area contributed by atoms with Crippen molar-refractivity contribution in [3.63, 3.8) is 0 Å². The molecule has 0 radical (unpaired) electrons. The van der Waals surface area contributed by atoms with E-state index in [1.54, 1.807) is 0 Å². The maximum atomic E-state index is 12.8. The molecule has 9 nitrogen and oxygen atoms in total. The summed E-state index contributed by atoms with van der Waals surface area (Å²) < 4.78 is 34.0. The van der Waals surface area contributed by atoms with E-state index in [0.29, 0.717) is 23.9 Å². The third-order valence-corrected chi connectivity index (χ3v) is 11.6. The lowest BCUT2D eigenvalue weighted by molar-refractivity contribution is -0.870. The van der Waals surface area contributed by atoms with Crippen molar-refractivity contribution in [3.05, 3.63) is 134 Å². The predicted octanol–water partition coefficient (Wildman–Crippen LogP) is 15.9. The van der Waals surface area contributed by atoms with Gasteiger partial charge < -0.3 is 27.9 Å². The Labute approximate surface area is 428 Å². The zero-order chi connectivity index (χ0) is 51.3. The number of nitrogens with zero attached hydrogens (tertiary/aromatic N) is 1. The van der Waals surface area contributed by atoms with Gasteiger partial charge in [-0.05, 0) is 109 Å². The quantitative estimate of drug-likeness (QED) is 0.0195. The Hall–Kier alpha value is -3.85. The van der Waals surface area contributed by atoms with E-state index >= 15 is 0 Å². The van der Waals surface area contributed by atoms with E-state index in [1.165, 1.54) is 25.7 Å². The van der Waals surface area contributed by atoms with Gasteiger partial charge >= 0.3 is 11.9 Å². The first-order valence-corrected chi connectivity index (χ1v) is 28.4. The molecular weight excluding hydrogens is 894 g/mol. The molecule has 70 heavy (non-hydrogen) atoms. The first-order valence-electron chi connectivity index (χ1n) is 26.9. The third kappa shape index (κ3) is 53.5. The van der Waals surface area contributed by atoms with Crippen molar-refractivity contribution in [2.75, 3.05) is 47.5 Å². The molecule has 0 fully saturated rings. The van der Waals surface area contributed by atoms with Crippen molar-refractivity contribution in [1.29, 1.82) is 0 Å². The summed E-state index contributed by atoms with van der Waals surface area (Å²) in [5.41, 5.74) is 0. The molecule has 10 heteroatoms. The summed E-state index contributed by atoms with van der Waals surface area (Å²) in [6.07, 6.45) is 72.0. The minimum atomic E-state index is -4.66. The van der Waals surface area contributed by atoms with Crippen LogP contribution in [0.25, 0.3) is 0 Å². The zero-order valence-electron chi connectivity index (χ0n) is 44.7. The smallest absolute Gasteiger partial charge is 0.306 e. The Morgan fingerprint density at radius 1 is 0.443 bits per heavy atom. The van der Waals surface area contributed by atoms with E-state index in [2.05, 4.69) is 148 Å². The summed E-state index contributed by atoms with van der Waals surface area (Å²) in [7, 11) is 1.11. The standard InChI is InChI=1S/C60H98NO8P/c1-6-8-10-12-14-16-18-20-22-24-26-28-29-30-31-33-35-37-39-41-43-45-47-49-51-53-60(63)69-58(57-68-70(64,65)67-55-54-61(3,4)5)56-66-59(62)52-50-48-46-44-42-40-38-36-34-32-27-25-23-21-19-17-15-13-11-9-7-2/h8-11,14-17,20-23,26-28,30-32,35,37,41,43,58H,6-7,12-13,18-19,24-25,29,33-34,36,38-40,42,44-57H2,1-5H3/b10-8-,11-9-,16-14-,17-15-,22-20-,23-21-,28-26-,31-30-,32-27-,37-35-,43-41-. The van der Waals surface area contributed by atoms with Crippen LogP contribution >= 0.6 is 7.82 Å². The van der Waals surface area contributed by atoms with Gasteiger partial charge in [-0.2, -0.15) is 0 Å². The number of ether oxygens (including phenoxy) is 2. The van der Waals surface area contributed by atoms with Crippen LogP contribution in [0.4, 0.5) is 0 Å². The highest BCUT2D eigenvalue weighted by Gasteiger charge is 2.21. The summed E-state index contributed by atoms with van der Waals surface area (Å²) in [6, 6.07) is 0. The molecule has 0 saturated heterocycles. The molecule has 0 aromatic carbocycles. The fourth-order valence-electron chi connectivity index (χ4n) is 6.57. The van der Waals surface area contributed by atoms with Gasteiger partial charge in [-0.25, -0.2) is 0 Å². The molecule has 0 saturated carbocycles. The fourth-order valence-corrected chi connectivity index (χ4v) is 7.29. The number of allylic oxidation sites excluding steroid dienone is 22. The van der Waals surface area contributed by atoms with Crippen molar-refractivity contribution >= 4 is 19.8 Å². The molecule has 0 rings (SSSR count). The van der Waals surface area contributed by atoms with Crippen LogP contribution in [0.5, 0.6) is 0 Å². The molecule has 2 unspecified atom stereocenters. The summed E-state index contributed by atoms with van der Waals surface area (Å²) in [5.74, 6) is -0.894. The molecular formula is C60H98NO8P. The zero-order valence-corrected chi connectivity index (χ0v) is 45.5. The second-order valence-electron chi connectivity index (χ2n) is 18.5. The molecule has 0 aromatic heterocycles. The van der Waals surface area contributed by atoms with Crippen LogP contribution in [0.2, 0.25) is 0 Å². The van der Waals surface area contributed by atoms with Crippen molar-refractivity contribution < 1.29 is 42.1 Å². The molecule has 0 amide bonds. The van der Waals surface area contributed by atoms with Crippen molar-refractivity contribution in [2.45, 2.75) is 187 Å². The number of carbonyl (C=O) groups excluding carboxylic acids is 2. The van der Waals surface area contributed by atoms with E-state index < -0.39 is 32.5 Å². The van der Waals surface area contributed by atoms with E-state index in [-0.39, 0.29) is 26.1 Å². The van der Waals surface area contributed by atoms with Crippen molar-refractivity contribution in [2.24, 2.45) is 0 Å². The monoisotopic (exact) mass is 992 g/mol. The number of phosphoric acid groups is 1. The molecule has 0 aromatic rings. The molecule has 0 N–H and O–H groups in total. The van der Waals surface area contributed by atoms with Gasteiger partial charge in [-0.15, -0.1) is 0 Å². The molecule has 0 bridgehead atoms. The van der Waals surface area contributed by atoms with E-state index in [1.807, 2.05) is 21.1 Å². The Bertz CT molecular complexity index is 1640. The van der Waals surface area contributed by atoms with Gasteiger partial charge in [0.05, 0.1) is 27.7 Å². The summed E-state index contributed by atoms with van der Waals surface area (Å²) in [6.45, 7) is 3.93. The molecule has 2 atom stereocenters. The van der Waals surface area contributed by atoms with Crippen LogP contribution in [0.3, 0.4) is 0 Å². The summed E-state index contributed by atoms with van der Waals surface area (Å²) >= 11 is 0. The van der Waals surface area contributed by atoms with Crippen molar-refractivity contribution in [1.82, 2.24) is 0 Å². The van der Waals surface area contributed by atoms with Gasteiger partial charge in [0.1, 0.15) is 19.8 Å². The summed E-state index contributed by atoms with van der Waals surface area (Å²) in [4.78, 5) is 37.8. The number of carbonyl (C=O) groups is 2. The van der Waals surface area contributed by atoms with Gasteiger partial charge in [0.2, 0.25) is 0 Å². The number of quaternary nitrogens is 1. The van der Waals surface area contributed by atoms with Crippen molar-refractivity contribution in [3.8, 4) is 0 Å². The Morgan fingerprint density at radius 2 is 0.771 bits per heavy atom. The number of unbranched alkanes of at least 4 members (excludes halogenated alkanes) is 11. The Balaban J connectivity index is 4.36. The number of rotatable bonds is 47. The minimum Gasteiger partial charge on any atom is -0.756 e. The van der Waals surface area contributed by atoms with Crippen LogP contribution < -0.4 is 4.89 Å². The number of esters is 2. The highest BCUT2D eigenvalue weighted by Crippen LogP contribution is 2.38. The van der Waals surface area contributed by atoms with Crippen LogP contribution in [0, 0.1) is 0 Å². The predicted molar refractivity (Wildman–Crippen MR) is 295 cm³/mol. The molecule has 0 aliphatic carbocycles. The van der Waals surface area contributed by atoms with Gasteiger partial charge in [-0.1, -0.05) is 192 Å². The molecule has 0 spiro atoms. The fraction of sp³-hybridized carbons (Fsp3) is 0.600. The molecule has 0 heterocycles. The normalized spacial score (nSPS) is 14.4. The lowest BCUT2D eigenvalue weighted by Gasteiger charge is -2.28. The largest absolute Gasteiger partial charge is 0.756 e. The van der Waals surface area contributed by atoms with E-state index in [9.17, 15) is 19.0 Å². The highest BCUT2D eigenvalue weighted by atomic mass is 31.2. The van der Waals surface area contributed by atoms with Gasteiger partial charge in [-0.3, -0.25) is 14.2 Å². The lowest BCUT2D eigenvalue weighted by atomic mass is 10.1. The first-order chi connectivity index (χ1) is 34.0. The maximum Gasteiger partial charge on any atom is 0.306 e. The molecule has 0 aliphatic heterocycles. The Morgan fingerprint density at radius 3 is 1.16 bits per heavy atom. The van der Waals surface area contributed by atoms with Crippen LogP contribution in [0.1, 0.15) is 181 Å². The van der Waals surface area contributed by atoms with Crippen LogP contribution in [0.15, 0.2) is 134 Å². The lowest BCUT2D eigenvalue weighted by Crippen LogP contribution is -2.37. The average molecular weight is 992 g/mol. The molecule has 0 aliphatic rings. The Kier molecular flexibility index (Phi) is 47.3. The van der Waals surface area contributed by atoms with E-state index in [4.69, 9.17) is 18.5 Å². The SMILES string of the molecule is CC/C=C\C/C=C\C/C=C\C/C=C\C/C=C\C/C=C\C/C=C\CCCCCC(=O)OC(COC(=O)CCCCCCCCCC/C=C\C/C=C\C/C=C\C/C=C\CC)COP(=O)([O-])OCC[N+](C)(C)C. The van der Waals surface area contributed by atoms with Gasteiger partial charge in [0.25, 0.3) is 7.82 Å². The molecule has 396 valence electrons. The summed E-state index contributed by atoms with van der Waals surface area (Å²) in [5, 5.41) is 0. The van der Waals surface area contributed by atoms with Gasteiger partial charge in [0.15, 0.2) is 6.10 Å². The topological polar surface area (TPSA) is 111 Å². The number of hydrogen-bond donors (Lipinski definition) is 0. The van der Waals surface area contributed by atoms with Crippen LogP contribution in [-0.4, -0.2) is 70.0 Å². The van der Waals surface area contributed by atoms with Gasteiger partial charge in [0, 0.05) is 12.8 Å². The van der Waals surface area contributed by atoms with Crippen LogP contribution in [-0.2, 0) is 32.7 Å². The number of hydrogen-bond acceptors (Lipinski definition) is 8. The first kappa shape index (κ1) is 66.2. The second kappa shape index (κ2) is 50.1. The number of phosphoric ester groups is 1. The number of likely N-dealkylation sites (N-methyl/N-ethyl adjacent to an activating group) is 1. The van der Waals surface area contributed by atoms with E-state index in [0.717, 1.165) is 116 Å². The highest BCUT2D eigenvalue weighted by molar-refractivity contribution is 7.45. The third-order valence-electron chi connectivity index (χ3n) is 10.7. The minimum absolute atomic E-state index is 0.0475. The maximum absolute atomic E-state index is 12.8. The average Bonchev–Trinajstić information content (AvgIpc) is 3.32. The second-order valence-corrected chi connectivity index (χ2v) is 19.9.